The predicted octanol–water partition coefficient (Wildman–Crippen LogP) is 3.55. The van der Waals surface area contributed by atoms with E-state index in [0.29, 0.717) is 5.69 Å². The summed E-state index contributed by atoms with van der Waals surface area (Å²) < 4.78 is 40.5. The van der Waals surface area contributed by atoms with Crippen molar-refractivity contribution in [3.05, 3.63) is 23.2 Å². The number of nitrogens with two attached hydrogens (primary N) is 1. The third-order valence-corrected chi connectivity index (χ3v) is 2.59. The van der Waals surface area contributed by atoms with Gasteiger partial charge >= 0.3 is 5.51 Å². The third-order valence-electron chi connectivity index (χ3n) is 1.59. The van der Waals surface area contributed by atoms with Gasteiger partial charge in [0.15, 0.2) is 5.75 Å². The average Bonchev–Trinajstić information content (AvgIpc) is 2.14. The fourth-order valence-corrected chi connectivity index (χ4v) is 1.61. The van der Waals surface area contributed by atoms with Crippen molar-refractivity contribution in [1.29, 1.82) is 0 Å². The van der Waals surface area contributed by atoms with Crippen LogP contribution in [-0.4, -0.2) is 17.9 Å². The van der Waals surface area contributed by atoms with Gasteiger partial charge in [0.05, 0.1) is 17.3 Å². The van der Waals surface area contributed by atoms with Gasteiger partial charge in [0.2, 0.25) is 0 Å². The Kier molecular flexibility index (Phi) is 4.61. The molecule has 1 aromatic rings. The highest BCUT2D eigenvalue weighted by Crippen LogP contribution is 2.32. The zero-order valence-corrected chi connectivity index (χ0v) is 9.62. The maximum atomic E-state index is 11.8. The second kappa shape index (κ2) is 5.54. The first kappa shape index (κ1) is 13.3. The topological polar surface area (TPSA) is 35.2 Å². The fourth-order valence-electron chi connectivity index (χ4n) is 0.979. The van der Waals surface area contributed by atoms with Crippen molar-refractivity contribution in [2.75, 3.05) is 18.1 Å². The van der Waals surface area contributed by atoms with Crippen LogP contribution in [-0.2, 0) is 0 Å². The number of benzene rings is 1. The molecule has 90 valence electrons. The zero-order valence-electron chi connectivity index (χ0n) is 8.05. The quantitative estimate of drug-likeness (QED) is 0.672. The number of halogens is 4. The Balaban J connectivity index is 2.43. The van der Waals surface area contributed by atoms with Crippen LogP contribution in [0.25, 0.3) is 0 Å². The summed E-state index contributed by atoms with van der Waals surface area (Å²) in [6.07, 6.45) is 0. The number of alkyl halides is 3. The van der Waals surface area contributed by atoms with Crippen LogP contribution in [0.4, 0.5) is 18.9 Å². The Morgan fingerprint density at radius 3 is 2.62 bits per heavy atom. The number of para-hydroxylation sites is 1. The number of nitrogen functional groups attached to an aromatic ring is 1. The smallest absolute Gasteiger partial charge is 0.441 e. The predicted molar refractivity (Wildman–Crippen MR) is 59.9 cm³/mol. The lowest BCUT2D eigenvalue weighted by molar-refractivity contribution is -0.0329. The van der Waals surface area contributed by atoms with Crippen LogP contribution in [0.5, 0.6) is 5.75 Å². The number of rotatable bonds is 4. The molecule has 0 atom stereocenters. The fraction of sp³-hybridized carbons (Fsp3) is 0.333. The molecule has 7 heteroatoms. The summed E-state index contributed by atoms with van der Waals surface area (Å²) in [4.78, 5) is 0. The molecule has 0 aromatic heterocycles. The molecule has 16 heavy (non-hydrogen) atoms. The lowest BCUT2D eigenvalue weighted by atomic mass is 10.3. The molecule has 0 heterocycles. The SMILES string of the molecule is Nc1cccc(Cl)c1OCCSC(F)(F)F. The normalized spacial score (nSPS) is 11.5. The van der Waals surface area contributed by atoms with Gasteiger partial charge in [-0.1, -0.05) is 17.7 Å². The van der Waals surface area contributed by atoms with Gasteiger partial charge in [-0.2, -0.15) is 13.2 Å². The zero-order chi connectivity index (χ0) is 12.2. The van der Waals surface area contributed by atoms with Crippen LogP contribution in [0.3, 0.4) is 0 Å². The van der Waals surface area contributed by atoms with E-state index in [1.54, 1.807) is 18.2 Å². The highest BCUT2D eigenvalue weighted by atomic mass is 35.5. The summed E-state index contributed by atoms with van der Waals surface area (Å²) in [6, 6.07) is 4.76. The van der Waals surface area contributed by atoms with Gasteiger partial charge in [0, 0.05) is 5.75 Å². The number of ether oxygens (including phenoxy) is 1. The van der Waals surface area contributed by atoms with Crippen molar-refractivity contribution >= 4 is 29.1 Å². The summed E-state index contributed by atoms with van der Waals surface area (Å²) in [5.41, 5.74) is 1.62. The van der Waals surface area contributed by atoms with Crippen molar-refractivity contribution in [2.45, 2.75) is 5.51 Å². The first-order chi connectivity index (χ1) is 7.40. The van der Waals surface area contributed by atoms with Crippen molar-refractivity contribution in [2.24, 2.45) is 0 Å². The van der Waals surface area contributed by atoms with E-state index in [4.69, 9.17) is 22.1 Å². The minimum Gasteiger partial charge on any atom is -0.489 e. The van der Waals surface area contributed by atoms with Crippen molar-refractivity contribution in [3.8, 4) is 5.75 Å². The molecule has 2 nitrogen and oxygen atoms in total. The first-order valence-electron chi connectivity index (χ1n) is 4.27. The van der Waals surface area contributed by atoms with Crippen LogP contribution in [0.1, 0.15) is 0 Å². The molecule has 0 aliphatic carbocycles. The molecule has 0 amide bonds. The molecule has 0 aliphatic heterocycles. The number of thioether (sulfide) groups is 1. The Morgan fingerprint density at radius 1 is 1.38 bits per heavy atom. The van der Waals surface area contributed by atoms with E-state index in [1.807, 2.05) is 0 Å². The maximum Gasteiger partial charge on any atom is 0.441 e. The van der Waals surface area contributed by atoms with Crippen LogP contribution < -0.4 is 10.5 Å². The standard InChI is InChI=1S/C9H9ClF3NOS/c10-6-2-1-3-7(14)8(6)15-4-5-16-9(11,12)13/h1-3H,4-5,14H2. The maximum absolute atomic E-state index is 11.8. The highest BCUT2D eigenvalue weighted by molar-refractivity contribution is 8.00. The first-order valence-corrected chi connectivity index (χ1v) is 5.64. The molecule has 0 unspecified atom stereocenters. The molecule has 0 bridgehead atoms. The van der Waals surface area contributed by atoms with Crippen LogP contribution in [0, 0.1) is 0 Å². The van der Waals surface area contributed by atoms with Crippen molar-refractivity contribution in [3.63, 3.8) is 0 Å². The minimum absolute atomic E-state index is 0.0991. The monoisotopic (exact) mass is 271 g/mol. The molecular formula is C9H9ClF3NOS. The largest absolute Gasteiger partial charge is 0.489 e. The van der Waals surface area contributed by atoms with E-state index in [0.717, 1.165) is 0 Å². The van der Waals surface area contributed by atoms with Gasteiger partial charge in [-0.25, -0.2) is 0 Å². The second-order valence-corrected chi connectivity index (χ2v) is 4.37. The van der Waals surface area contributed by atoms with Gasteiger partial charge in [0.1, 0.15) is 0 Å². The molecule has 0 fully saturated rings. The highest BCUT2D eigenvalue weighted by Gasteiger charge is 2.27. The summed E-state index contributed by atoms with van der Waals surface area (Å²) in [7, 11) is 0. The molecule has 0 aliphatic rings. The Bertz CT molecular complexity index is 339. The summed E-state index contributed by atoms with van der Waals surface area (Å²) in [5.74, 6) is 0.0284. The third kappa shape index (κ3) is 4.40. The molecule has 2 N–H and O–H groups in total. The molecule has 0 spiro atoms. The van der Waals surface area contributed by atoms with Gasteiger partial charge in [0.25, 0.3) is 0 Å². The summed E-state index contributed by atoms with van der Waals surface area (Å²) in [6.45, 7) is -0.0991. The molecule has 0 saturated carbocycles. The lowest BCUT2D eigenvalue weighted by Gasteiger charge is -2.10. The number of hydrogen-bond acceptors (Lipinski definition) is 3. The van der Waals surface area contributed by atoms with Crippen molar-refractivity contribution < 1.29 is 17.9 Å². The van der Waals surface area contributed by atoms with Crippen molar-refractivity contribution in [1.82, 2.24) is 0 Å². The minimum atomic E-state index is -4.24. The Morgan fingerprint density at radius 2 is 2.06 bits per heavy atom. The van der Waals surface area contributed by atoms with E-state index >= 15 is 0 Å². The van der Waals surface area contributed by atoms with E-state index in [1.165, 1.54) is 0 Å². The number of hydrogen-bond donors (Lipinski definition) is 1. The van der Waals surface area contributed by atoms with E-state index in [9.17, 15) is 13.2 Å². The Hall–Kier alpha value is -0.750. The second-order valence-electron chi connectivity index (χ2n) is 2.80. The molecule has 0 radical (unpaired) electrons. The molecule has 0 saturated heterocycles. The van der Waals surface area contributed by atoms with Gasteiger partial charge in [-0.3, -0.25) is 0 Å². The van der Waals surface area contributed by atoms with E-state index < -0.39 is 5.51 Å². The van der Waals surface area contributed by atoms with E-state index in [-0.39, 0.29) is 34.9 Å². The molecule has 1 rings (SSSR count). The van der Waals surface area contributed by atoms with Crippen LogP contribution in [0.15, 0.2) is 18.2 Å². The van der Waals surface area contributed by atoms with E-state index in [2.05, 4.69) is 0 Å². The van der Waals surface area contributed by atoms with Gasteiger partial charge in [-0.15, -0.1) is 0 Å². The lowest BCUT2D eigenvalue weighted by Crippen LogP contribution is -2.08. The van der Waals surface area contributed by atoms with Crippen LogP contribution >= 0.6 is 23.4 Å². The number of anilines is 1. The van der Waals surface area contributed by atoms with Gasteiger partial charge in [-0.05, 0) is 23.9 Å². The summed E-state index contributed by atoms with van der Waals surface area (Å²) >= 11 is 5.62. The van der Waals surface area contributed by atoms with Gasteiger partial charge < -0.3 is 10.5 Å². The average molecular weight is 272 g/mol. The summed E-state index contributed by atoms with van der Waals surface area (Å²) in [5, 5.41) is 0.289. The molecule has 1 aromatic carbocycles. The molecular weight excluding hydrogens is 263 g/mol. The van der Waals surface area contributed by atoms with Crippen LogP contribution in [0.2, 0.25) is 5.02 Å². The Labute approximate surface area is 99.9 Å².